The highest BCUT2D eigenvalue weighted by Crippen LogP contribution is 2.57. The lowest BCUT2D eigenvalue weighted by atomic mass is 9.82. The molecule has 2 nitrogen and oxygen atoms in total. The van der Waals surface area contributed by atoms with Gasteiger partial charge in [-0.2, -0.15) is 0 Å². The van der Waals surface area contributed by atoms with Crippen molar-refractivity contribution in [1.82, 2.24) is 0 Å². The summed E-state index contributed by atoms with van der Waals surface area (Å²) in [5, 5.41) is 0. The topological polar surface area (TPSA) is 26.3 Å². The van der Waals surface area contributed by atoms with Gasteiger partial charge in [-0.25, -0.2) is 4.79 Å². The minimum atomic E-state index is -0.249. The minimum Gasteiger partial charge on any atom is -0.459 e. The number of ether oxygens (including phenoxy) is 1. The molecule has 5 unspecified atom stereocenters. The van der Waals surface area contributed by atoms with E-state index in [0.29, 0.717) is 17.8 Å². The summed E-state index contributed by atoms with van der Waals surface area (Å²) in [5.74, 6) is 2.39. The molecule has 2 heteroatoms. The molecule has 80 valence electrons. The molecule has 0 N–H and O–H groups in total. The Kier molecular flexibility index (Phi) is 1.98. The molecule has 0 radical (unpaired) electrons. The fourth-order valence-corrected chi connectivity index (χ4v) is 3.87. The summed E-state index contributed by atoms with van der Waals surface area (Å²) in [5.41, 5.74) is 0. The van der Waals surface area contributed by atoms with Crippen molar-refractivity contribution in [3.05, 3.63) is 24.8 Å². The Bertz CT molecular complexity index is 331. The Labute approximate surface area is 90.0 Å². The van der Waals surface area contributed by atoms with Crippen molar-refractivity contribution in [2.24, 2.45) is 23.7 Å². The lowest BCUT2D eigenvalue weighted by molar-refractivity contribution is -0.145. The Morgan fingerprint density at radius 2 is 2.13 bits per heavy atom. The van der Waals surface area contributed by atoms with Crippen LogP contribution >= 0.6 is 0 Å². The van der Waals surface area contributed by atoms with Crippen LogP contribution in [0.25, 0.3) is 0 Å². The highest BCUT2D eigenvalue weighted by molar-refractivity contribution is 5.81. The van der Waals surface area contributed by atoms with Gasteiger partial charge in [0.1, 0.15) is 6.10 Å². The summed E-state index contributed by atoms with van der Waals surface area (Å²) in [4.78, 5) is 11.2. The van der Waals surface area contributed by atoms with Gasteiger partial charge in [0.05, 0.1) is 0 Å². The molecule has 2 fully saturated rings. The summed E-state index contributed by atoms with van der Waals surface area (Å²) in [6, 6.07) is 0. The van der Waals surface area contributed by atoms with Gasteiger partial charge in [-0.15, -0.1) is 0 Å². The average Bonchev–Trinajstić information content (AvgIpc) is 2.89. The fourth-order valence-electron chi connectivity index (χ4n) is 3.87. The first-order valence-electron chi connectivity index (χ1n) is 5.81. The molecule has 5 atom stereocenters. The molecule has 2 saturated carbocycles. The lowest BCUT2D eigenvalue weighted by Gasteiger charge is -2.22. The zero-order chi connectivity index (χ0) is 10.4. The van der Waals surface area contributed by atoms with Crippen LogP contribution in [-0.2, 0) is 9.53 Å². The van der Waals surface area contributed by atoms with Crippen molar-refractivity contribution in [3.63, 3.8) is 0 Å². The molecule has 0 aromatic rings. The molecular weight excluding hydrogens is 188 g/mol. The van der Waals surface area contributed by atoms with Crippen LogP contribution in [0.3, 0.4) is 0 Å². The Balaban J connectivity index is 1.79. The molecule has 0 heterocycles. The first kappa shape index (κ1) is 9.20. The number of carbonyl (C=O) groups excluding carboxylic acids is 1. The third-order valence-corrected chi connectivity index (χ3v) is 4.40. The second kappa shape index (κ2) is 3.22. The second-order valence-electron chi connectivity index (χ2n) is 4.92. The van der Waals surface area contributed by atoms with Crippen LogP contribution in [0, 0.1) is 23.7 Å². The van der Waals surface area contributed by atoms with Gasteiger partial charge in [0.25, 0.3) is 0 Å². The van der Waals surface area contributed by atoms with Crippen molar-refractivity contribution < 1.29 is 9.53 Å². The summed E-state index contributed by atoms with van der Waals surface area (Å²) in [7, 11) is 0. The SMILES string of the molecule is C=CC(=O)OC1C2CCC1C1CC=CC12. The van der Waals surface area contributed by atoms with E-state index < -0.39 is 0 Å². The number of hydrogen-bond donors (Lipinski definition) is 0. The molecular formula is C13H16O2. The molecule has 0 saturated heterocycles. The van der Waals surface area contributed by atoms with Crippen molar-refractivity contribution in [1.29, 1.82) is 0 Å². The van der Waals surface area contributed by atoms with Crippen LogP contribution in [0.15, 0.2) is 24.8 Å². The van der Waals surface area contributed by atoms with Crippen molar-refractivity contribution in [3.8, 4) is 0 Å². The van der Waals surface area contributed by atoms with Crippen molar-refractivity contribution in [2.75, 3.05) is 0 Å². The van der Waals surface area contributed by atoms with Gasteiger partial charge < -0.3 is 4.74 Å². The van der Waals surface area contributed by atoms with Gasteiger partial charge in [0.2, 0.25) is 0 Å². The van der Waals surface area contributed by atoms with E-state index in [-0.39, 0.29) is 12.1 Å². The Morgan fingerprint density at radius 1 is 1.33 bits per heavy atom. The quantitative estimate of drug-likeness (QED) is 0.392. The van der Waals surface area contributed by atoms with E-state index >= 15 is 0 Å². The van der Waals surface area contributed by atoms with Gasteiger partial charge in [-0.3, -0.25) is 0 Å². The van der Waals surface area contributed by atoms with E-state index in [1.165, 1.54) is 25.3 Å². The van der Waals surface area contributed by atoms with E-state index in [9.17, 15) is 4.79 Å². The van der Waals surface area contributed by atoms with Crippen LogP contribution in [0.1, 0.15) is 19.3 Å². The number of allylic oxidation sites excluding steroid dienone is 2. The van der Waals surface area contributed by atoms with Gasteiger partial charge in [-0.1, -0.05) is 18.7 Å². The van der Waals surface area contributed by atoms with E-state index in [1.54, 1.807) is 0 Å². The lowest BCUT2D eigenvalue weighted by Crippen LogP contribution is -2.23. The molecule has 3 rings (SSSR count). The molecule has 3 aliphatic rings. The van der Waals surface area contributed by atoms with E-state index in [1.807, 2.05) is 0 Å². The predicted octanol–water partition coefficient (Wildman–Crippen LogP) is 2.32. The standard InChI is InChI=1S/C13H16O2/c1-2-12(14)15-13-10-6-7-11(13)9-5-3-4-8(9)10/h2-4,8-11,13H,1,5-7H2. The number of fused-ring (bicyclic) bond motifs is 5. The fraction of sp³-hybridized carbons (Fsp3) is 0.615. The third-order valence-electron chi connectivity index (χ3n) is 4.40. The summed E-state index contributed by atoms with van der Waals surface area (Å²) in [6.45, 7) is 3.46. The maximum atomic E-state index is 11.2. The zero-order valence-electron chi connectivity index (χ0n) is 8.76. The molecule has 0 aliphatic heterocycles. The summed E-state index contributed by atoms with van der Waals surface area (Å²) in [6.07, 6.45) is 9.75. The average molecular weight is 204 g/mol. The minimum absolute atomic E-state index is 0.176. The smallest absolute Gasteiger partial charge is 0.330 e. The third kappa shape index (κ3) is 1.20. The van der Waals surface area contributed by atoms with Crippen LogP contribution in [0.4, 0.5) is 0 Å². The summed E-state index contributed by atoms with van der Waals surface area (Å²) >= 11 is 0. The second-order valence-corrected chi connectivity index (χ2v) is 4.92. The van der Waals surface area contributed by atoms with E-state index in [2.05, 4.69) is 18.7 Å². The van der Waals surface area contributed by atoms with Gasteiger partial charge in [0, 0.05) is 12.0 Å². The summed E-state index contributed by atoms with van der Waals surface area (Å²) < 4.78 is 5.49. The number of esters is 1. The molecule has 0 aromatic heterocycles. The molecule has 0 spiro atoms. The first-order valence-corrected chi connectivity index (χ1v) is 5.81. The zero-order valence-corrected chi connectivity index (χ0v) is 8.76. The molecule has 0 aromatic carbocycles. The van der Waals surface area contributed by atoms with Crippen molar-refractivity contribution in [2.45, 2.75) is 25.4 Å². The highest BCUT2D eigenvalue weighted by Gasteiger charge is 2.55. The monoisotopic (exact) mass is 204 g/mol. The van der Waals surface area contributed by atoms with Crippen LogP contribution in [0.5, 0.6) is 0 Å². The number of hydrogen-bond acceptors (Lipinski definition) is 2. The molecule has 2 bridgehead atoms. The predicted molar refractivity (Wildman–Crippen MR) is 57.0 cm³/mol. The number of rotatable bonds is 2. The molecule has 3 aliphatic carbocycles. The number of carbonyl (C=O) groups is 1. The Morgan fingerprint density at radius 3 is 2.87 bits per heavy atom. The van der Waals surface area contributed by atoms with E-state index in [0.717, 1.165) is 5.92 Å². The maximum Gasteiger partial charge on any atom is 0.330 e. The first-order chi connectivity index (χ1) is 7.31. The van der Waals surface area contributed by atoms with Gasteiger partial charge in [-0.05, 0) is 37.0 Å². The maximum absolute atomic E-state index is 11.2. The normalized spacial score (nSPS) is 45.5. The van der Waals surface area contributed by atoms with E-state index in [4.69, 9.17) is 4.74 Å². The van der Waals surface area contributed by atoms with Crippen LogP contribution in [0.2, 0.25) is 0 Å². The highest BCUT2D eigenvalue weighted by atomic mass is 16.5. The van der Waals surface area contributed by atoms with Gasteiger partial charge in [0.15, 0.2) is 0 Å². The molecule has 0 amide bonds. The van der Waals surface area contributed by atoms with Crippen molar-refractivity contribution >= 4 is 5.97 Å². The van der Waals surface area contributed by atoms with Crippen LogP contribution in [-0.4, -0.2) is 12.1 Å². The van der Waals surface area contributed by atoms with Crippen LogP contribution < -0.4 is 0 Å². The molecule has 15 heavy (non-hydrogen) atoms. The largest absolute Gasteiger partial charge is 0.459 e. The van der Waals surface area contributed by atoms with Gasteiger partial charge >= 0.3 is 5.97 Å². The Hall–Kier alpha value is -1.05.